The predicted molar refractivity (Wildman–Crippen MR) is 167 cm³/mol. The van der Waals surface area contributed by atoms with Gasteiger partial charge in [-0.15, -0.1) is 0 Å². The summed E-state index contributed by atoms with van der Waals surface area (Å²) < 4.78 is 21.2. The van der Waals surface area contributed by atoms with Gasteiger partial charge in [-0.25, -0.2) is 0 Å². The number of rotatable bonds is 14. The summed E-state index contributed by atoms with van der Waals surface area (Å²) in [6, 6.07) is 6.96. The monoisotopic (exact) mass is 598 g/mol. The minimum atomic E-state index is -0.372. The van der Waals surface area contributed by atoms with Crippen LogP contribution in [0.1, 0.15) is 50.2 Å². The van der Waals surface area contributed by atoms with E-state index in [4.69, 9.17) is 18.9 Å². The number of methoxy groups -OCH3 is 3. The smallest absolute Gasteiger partial charge is 0.308 e. The van der Waals surface area contributed by atoms with Crippen LogP contribution >= 0.6 is 0 Å². The Bertz CT molecular complexity index is 1220. The highest BCUT2D eigenvalue weighted by Crippen LogP contribution is 2.40. The summed E-state index contributed by atoms with van der Waals surface area (Å²) in [5.74, 6) is 1.49. The normalized spacial score (nSPS) is 14.0. The van der Waals surface area contributed by atoms with Crippen LogP contribution in [0.4, 0.5) is 11.4 Å². The van der Waals surface area contributed by atoms with Crippen LogP contribution in [-0.2, 0) is 14.4 Å². The fraction of sp³-hybridized carbons (Fsp3) is 0.531. The van der Waals surface area contributed by atoms with Gasteiger partial charge in [0.1, 0.15) is 5.75 Å². The average Bonchev–Trinajstić information content (AvgIpc) is 3.19. The number of anilines is 2. The molecule has 0 aromatic heterocycles. The number of carbonyl (C=O) groups excluding carboxylic acids is 3. The van der Waals surface area contributed by atoms with Crippen LogP contribution in [0.5, 0.6) is 23.0 Å². The van der Waals surface area contributed by atoms with Crippen LogP contribution < -0.4 is 29.6 Å². The molecule has 43 heavy (non-hydrogen) atoms. The molecule has 0 atom stereocenters. The molecule has 3 rings (SSSR count). The first-order chi connectivity index (χ1) is 20.6. The van der Waals surface area contributed by atoms with Crippen molar-refractivity contribution in [1.29, 1.82) is 0 Å². The molecule has 1 fully saturated rings. The SMILES string of the molecule is COc1cc(NC(=O)CCCN2CCCN(CCCC(=O)Nc3c(C)cc(OC(C)=O)cc3C)CC2)cc(OC)c1OC. The van der Waals surface area contributed by atoms with Gasteiger partial charge in [0.15, 0.2) is 11.5 Å². The van der Waals surface area contributed by atoms with E-state index in [2.05, 4.69) is 20.4 Å². The maximum absolute atomic E-state index is 12.6. The summed E-state index contributed by atoms with van der Waals surface area (Å²) in [6.45, 7) is 10.7. The molecule has 2 aromatic carbocycles. The zero-order chi connectivity index (χ0) is 31.4. The number of hydrogen-bond donors (Lipinski definition) is 2. The third kappa shape index (κ3) is 10.4. The van der Waals surface area contributed by atoms with Crippen molar-refractivity contribution in [2.45, 2.75) is 52.9 Å². The largest absolute Gasteiger partial charge is 0.493 e. The highest BCUT2D eigenvalue weighted by Gasteiger charge is 2.17. The van der Waals surface area contributed by atoms with Crippen LogP contribution in [0.2, 0.25) is 0 Å². The Morgan fingerprint density at radius 3 is 1.72 bits per heavy atom. The van der Waals surface area contributed by atoms with E-state index >= 15 is 0 Å². The second-order valence-electron chi connectivity index (χ2n) is 10.8. The fourth-order valence-electron chi connectivity index (χ4n) is 5.32. The molecule has 11 nitrogen and oxygen atoms in total. The number of ether oxygens (including phenoxy) is 4. The van der Waals surface area contributed by atoms with Crippen LogP contribution in [0, 0.1) is 13.8 Å². The van der Waals surface area contributed by atoms with E-state index in [9.17, 15) is 14.4 Å². The molecular weight excluding hydrogens is 552 g/mol. The number of carbonyl (C=O) groups is 3. The first kappa shape index (κ1) is 33.7. The third-order valence-corrected chi connectivity index (χ3v) is 7.42. The van der Waals surface area contributed by atoms with Crippen molar-refractivity contribution >= 4 is 29.2 Å². The zero-order valence-corrected chi connectivity index (χ0v) is 26.3. The average molecular weight is 599 g/mol. The van der Waals surface area contributed by atoms with Crippen LogP contribution in [0.25, 0.3) is 0 Å². The summed E-state index contributed by atoms with van der Waals surface area (Å²) in [6.07, 6.45) is 3.44. The molecule has 0 saturated carbocycles. The summed E-state index contributed by atoms with van der Waals surface area (Å²) >= 11 is 0. The maximum Gasteiger partial charge on any atom is 0.308 e. The van der Waals surface area contributed by atoms with E-state index in [0.29, 0.717) is 41.5 Å². The van der Waals surface area contributed by atoms with Crippen molar-refractivity contribution in [1.82, 2.24) is 9.80 Å². The molecular formula is C32H46N4O7. The van der Waals surface area contributed by atoms with Gasteiger partial charge in [-0.2, -0.15) is 0 Å². The van der Waals surface area contributed by atoms with E-state index in [-0.39, 0.29) is 17.8 Å². The molecule has 2 amide bonds. The lowest BCUT2D eigenvalue weighted by molar-refractivity contribution is -0.132. The van der Waals surface area contributed by atoms with Gasteiger partial charge >= 0.3 is 5.97 Å². The number of benzene rings is 2. The topological polar surface area (TPSA) is 119 Å². The standard InChI is InChI=1S/C32H46N4O7/c1-22-18-26(43-24(3)37)19-23(2)31(22)34-30(39)11-8-13-36-15-9-14-35(16-17-36)12-7-10-29(38)33-25-20-27(40-4)32(42-6)28(21-25)41-5/h18-21H,7-17H2,1-6H3,(H,33,38)(H,34,39). The summed E-state index contributed by atoms with van der Waals surface area (Å²) in [5.41, 5.74) is 3.08. The number of hydrogen-bond acceptors (Lipinski definition) is 9. The second-order valence-corrected chi connectivity index (χ2v) is 10.8. The lowest BCUT2D eigenvalue weighted by Crippen LogP contribution is -2.32. The first-order valence-electron chi connectivity index (χ1n) is 14.8. The molecule has 0 radical (unpaired) electrons. The molecule has 0 bridgehead atoms. The third-order valence-electron chi connectivity index (χ3n) is 7.42. The van der Waals surface area contributed by atoms with Crippen LogP contribution in [-0.4, -0.2) is 88.2 Å². The molecule has 1 aliphatic heterocycles. The van der Waals surface area contributed by atoms with Crippen molar-refractivity contribution in [3.63, 3.8) is 0 Å². The Hall–Kier alpha value is -3.83. The summed E-state index contributed by atoms with van der Waals surface area (Å²) in [7, 11) is 4.63. The number of nitrogens with zero attached hydrogens (tertiary/aromatic N) is 2. The molecule has 236 valence electrons. The van der Waals surface area contributed by atoms with E-state index in [1.54, 1.807) is 45.6 Å². The quantitative estimate of drug-likeness (QED) is 0.241. The molecule has 1 saturated heterocycles. The molecule has 2 aromatic rings. The predicted octanol–water partition coefficient (Wildman–Crippen LogP) is 4.40. The highest BCUT2D eigenvalue weighted by molar-refractivity contribution is 5.93. The lowest BCUT2D eigenvalue weighted by Gasteiger charge is -2.21. The van der Waals surface area contributed by atoms with Gasteiger partial charge in [-0.3, -0.25) is 14.4 Å². The Morgan fingerprint density at radius 1 is 0.744 bits per heavy atom. The van der Waals surface area contributed by atoms with Crippen LogP contribution in [0.3, 0.4) is 0 Å². The molecule has 0 unspecified atom stereocenters. The zero-order valence-electron chi connectivity index (χ0n) is 26.3. The molecule has 0 aliphatic carbocycles. The van der Waals surface area contributed by atoms with Crippen molar-refractivity contribution < 1.29 is 33.3 Å². The summed E-state index contributed by atoms with van der Waals surface area (Å²) in [4.78, 5) is 41.3. The molecule has 1 aliphatic rings. The van der Waals surface area contributed by atoms with Gasteiger partial charge in [0.2, 0.25) is 17.6 Å². The van der Waals surface area contributed by atoms with E-state index in [1.165, 1.54) is 6.92 Å². The molecule has 2 N–H and O–H groups in total. The van der Waals surface area contributed by atoms with Gasteiger partial charge in [0.25, 0.3) is 0 Å². The Labute approximate surface area is 254 Å². The van der Waals surface area contributed by atoms with E-state index in [0.717, 1.165) is 75.3 Å². The highest BCUT2D eigenvalue weighted by atomic mass is 16.5. The fourth-order valence-corrected chi connectivity index (χ4v) is 5.32. The van der Waals surface area contributed by atoms with Gasteiger partial charge in [0.05, 0.1) is 21.3 Å². The van der Waals surface area contributed by atoms with E-state index in [1.807, 2.05) is 13.8 Å². The summed E-state index contributed by atoms with van der Waals surface area (Å²) in [5, 5.41) is 5.95. The van der Waals surface area contributed by atoms with Crippen molar-refractivity contribution in [3.05, 3.63) is 35.4 Å². The van der Waals surface area contributed by atoms with Crippen LogP contribution in [0.15, 0.2) is 24.3 Å². The minimum absolute atomic E-state index is 0.0207. The van der Waals surface area contributed by atoms with Crippen molar-refractivity contribution in [2.24, 2.45) is 0 Å². The number of esters is 1. The second kappa shape index (κ2) is 16.7. The number of aryl methyl sites for hydroxylation is 2. The Balaban J connectivity index is 1.36. The van der Waals surface area contributed by atoms with Crippen molar-refractivity contribution in [3.8, 4) is 23.0 Å². The minimum Gasteiger partial charge on any atom is -0.493 e. The molecule has 11 heteroatoms. The maximum atomic E-state index is 12.6. The number of amides is 2. The van der Waals surface area contributed by atoms with Gasteiger partial charge in [0, 0.05) is 56.4 Å². The molecule has 1 heterocycles. The van der Waals surface area contributed by atoms with E-state index < -0.39 is 0 Å². The first-order valence-corrected chi connectivity index (χ1v) is 14.8. The van der Waals surface area contributed by atoms with Crippen molar-refractivity contribution in [2.75, 3.05) is 71.2 Å². The van der Waals surface area contributed by atoms with Gasteiger partial charge in [-0.1, -0.05) is 0 Å². The lowest BCUT2D eigenvalue weighted by atomic mass is 10.1. The molecule has 0 spiro atoms. The number of nitrogens with one attached hydrogen (secondary N) is 2. The van der Waals surface area contributed by atoms with Gasteiger partial charge < -0.3 is 39.4 Å². The Kier molecular flexibility index (Phi) is 13.1. The van der Waals surface area contributed by atoms with Gasteiger partial charge in [-0.05, 0) is 82.5 Å². The Morgan fingerprint density at radius 2 is 1.26 bits per heavy atom.